The Morgan fingerprint density at radius 2 is 2.19 bits per heavy atom. The van der Waals surface area contributed by atoms with Crippen molar-refractivity contribution in [2.45, 2.75) is 30.8 Å². The molecular weight excluding hydrogens is 359 g/mol. The molecule has 26 heavy (non-hydrogen) atoms. The van der Waals surface area contributed by atoms with Gasteiger partial charge in [-0.1, -0.05) is 0 Å². The van der Waals surface area contributed by atoms with Crippen molar-refractivity contribution >= 4 is 18.3 Å². The first-order valence-corrected chi connectivity index (χ1v) is 8.63. The highest BCUT2D eigenvalue weighted by Crippen LogP contribution is 2.34. The van der Waals surface area contributed by atoms with Crippen molar-refractivity contribution in [3.63, 3.8) is 0 Å². The normalized spacial score (nSPS) is 21.0. The lowest BCUT2D eigenvalue weighted by atomic mass is 9.86. The summed E-state index contributed by atoms with van der Waals surface area (Å²) in [4.78, 5) is 13.2. The van der Waals surface area contributed by atoms with E-state index in [0.717, 1.165) is 13.1 Å². The number of halogens is 2. The SMILES string of the molecule is Cl.O=C(NC1CCOc2ccc(F)cc21)C1(n2cccn2)CCNCC1. The van der Waals surface area contributed by atoms with Crippen LogP contribution in [0, 0.1) is 5.82 Å². The minimum atomic E-state index is -0.708. The van der Waals surface area contributed by atoms with Crippen LogP contribution in [0.15, 0.2) is 36.7 Å². The van der Waals surface area contributed by atoms with Gasteiger partial charge in [0, 0.05) is 24.4 Å². The smallest absolute Gasteiger partial charge is 0.248 e. The lowest BCUT2D eigenvalue weighted by Gasteiger charge is -2.38. The third-order valence-electron chi connectivity index (χ3n) is 5.11. The molecule has 2 aliphatic rings. The molecule has 1 unspecified atom stereocenters. The van der Waals surface area contributed by atoms with E-state index in [1.165, 1.54) is 12.1 Å². The van der Waals surface area contributed by atoms with Gasteiger partial charge in [0.25, 0.3) is 0 Å². The molecule has 4 rings (SSSR count). The Kier molecular flexibility index (Phi) is 5.48. The number of amides is 1. The zero-order valence-electron chi connectivity index (χ0n) is 14.3. The molecule has 0 radical (unpaired) electrons. The van der Waals surface area contributed by atoms with E-state index in [1.807, 2.05) is 12.3 Å². The fourth-order valence-corrected chi connectivity index (χ4v) is 3.73. The first-order chi connectivity index (χ1) is 12.2. The van der Waals surface area contributed by atoms with E-state index in [9.17, 15) is 9.18 Å². The number of carbonyl (C=O) groups excluding carboxylic acids is 1. The topological polar surface area (TPSA) is 68.2 Å². The number of hydrogen-bond acceptors (Lipinski definition) is 4. The van der Waals surface area contributed by atoms with Gasteiger partial charge in [-0.25, -0.2) is 4.39 Å². The predicted octanol–water partition coefficient (Wildman–Crippen LogP) is 2.16. The van der Waals surface area contributed by atoms with Crippen molar-refractivity contribution in [1.82, 2.24) is 20.4 Å². The number of ether oxygens (including phenoxy) is 1. The molecule has 1 aromatic carbocycles. The zero-order chi connectivity index (χ0) is 17.3. The molecule has 0 aliphatic carbocycles. The molecule has 1 saturated heterocycles. The summed E-state index contributed by atoms with van der Waals surface area (Å²) in [6, 6.07) is 6.02. The van der Waals surface area contributed by atoms with Crippen LogP contribution in [0.3, 0.4) is 0 Å². The number of carbonyl (C=O) groups is 1. The van der Waals surface area contributed by atoms with Gasteiger partial charge in [-0.3, -0.25) is 9.48 Å². The standard InChI is InChI=1S/C18H21FN4O2.ClH/c19-13-2-3-16-14(12-13)15(4-11-25-16)22-17(24)18(5-8-20-9-6-18)23-10-1-7-21-23;/h1-3,7,10,12,15,20H,4-6,8-9,11H2,(H,22,24);1H. The molecule has 0 saturated carbocycles. The van der Waals surface area contributed by atoms with Crippen LogP contribution < -0.4 is 15.4 Å². The Bertz CT molecular complexity index is 763. The lowest BCUT2D eigenvalue weighted by Crippen LogP contribution is -2.55. The van der Waals surface area contributed by atoms with Crippen LogP contribution in [-0.2, 0) is 10.3 Å². The molecule has 1 atom stereocenters. The second-order valence-electron chi connectivity index (χ2n) is 6.58. The van der Waals surface area contributed by atoms with Crippen molar-refractivity contribution in [3.8, 4) is 5.75 Å². The minimum Gasteiger partial charge on any atom is -0.493 e. The molecule has 0 bridgehead atoms. The molecule has 1 fully saturated rings. The summed E-state index contributed by atoms with van der Waals surface area (Å²) in [7, 11) is 0. The van der Waals surface area contributed by atoms with Crippen molar-refractivity contribution in [2.24, 2.45) is 0 Å². The van der Waals surface area contributed by atoms with Gasteiger partial charge in [-0.2, -0.15) is 5.10 Å². The van der Waals surface area contributed by atoms with E-state index in [-0.39, 0.29) is 30.2 Å². The Morgan fingerprint density at radius 1 is 1.38 bits per heavy atom. The fraction of sp³-hybridized carbons (Fsp3) is 0.444. The molecule has 8 heteroatoms. The average molecular weight is 381 g/mol. The van der Waals surface area contributed by atoms with Crippen LogP contribution in [0.1, 0.15) is 30.9 Å². The Balaban J connectivity index is 0.00000196. The summed E-state index contributed by atoms with van der Waals surface area (Å²) < 4.78 is 21.0. The third-order valence-corrected chi connectivity index (χ3v) is 5.11. The Morgan fingerprint density at radius 3 is 2.92 bits per heavy atom. The van der Waals surface area contributed by atoms with E-state index >= 15 is 0 Å². The maximum absolute atomic E-state index is 13.7. The van der Waals surface area contributed by atoms with Crippen LogP contribution in [0.5, 0.6) is 5.75 Å². The number of nitrogens with zero attached hydrogens (tertiary/aromatic N) is 2. The zero-order valence-corrected chi connectivity index (χ0v) is 15.1. The molecule has 2 N–H and O–H groups in total. The largest absolute Gasteiger partial charge is 0.493 e. The van der Waals surface area contributed by atoms with Gasteiger partial charge in [0.2, 0.25) is 5.91 Å². The number of fused-ring (bicyclic) bond motifs is 1. The van der Waals surface area contributed by atoms with E-state index in [0.29, 0.717) is 37.2 Å². The maximum Gasteiger partial charge on any atom is 0.248 e. The van der Waals surface area contributed by atoms with Crippen LogP contribution in [-0.4, -0.2) is 35.4 Å². The van der Waals surface area contributed by atoms with E-state index in [4.69, 9.17) is 4.74 Å². The van der Waals surface area contributed by atoms with Crippen molar-refractivity contribution in [3.05, 3.63) is 48.0 Å². The Hall–Kier alpha value is -2.12. The molecule has 1 aromatic heterocycles. The van der Waals surface area contributed by atoms with Crippen molar-refractivity contribution < 1.29 is 13.9 Å². The van der Waals surface area contributed by atoms with Gasteiger partial charge < -0.3 is 15.4 Å². The van der Waals surface area contributed by atoms with Gasteiger partial charge in [-0.05, 0) is 50.2 Å². The maximum atomic E-state index is 13.7. The van der Waals surface area contributed by atoms with Crippen LogP contribution in [0.2, 0.25) is 0 Å². The van der Waals surface area contributed by atoms with Gasteiger partial charge in [0.05, 0.1) is 12.6 Å². The monoisotopic (exact) mass is 380 g/mol. The van der Waals surface area contributed by atoms with Gasteiger partial charge in [-0.15, -0.1) is 12.4 Å². The average Bonchev–Trinajstić information content (AvgIpc) is 3.18. The summed E-state index contributed by atoms with van der Waals surface area (Å²) in [6.45, 7) is 2.01. The van der Waals surface area contributed by atoms with Crippen LogP contribution >= 0.6 is 12.4 Å². The highest BCUT2D eigenvalue weighted by atomic mass is 35.5. The lowest BCUT2D eigenvalue weighted by molar-refractivity contribution is -0.133. The summed E-state index contributed by atoms with van der Waals surface area (Å²) in [6.07, 6.45) is 5.48. The highest BCUT2D eigenvalue weighted by Gasteiger charge is 2.43. The van der Waals surface area contributed by atoms with Crippen molar-refractivity contribution in [1.29, 1.82) is 0 Å². The highest BCUT2D eigenvalue weighted by molar-refractivity contribution is 5.85. The molecular formula is C18H22ClFN4O2. The number of benzene rings is 1. The first kappa shape index (κ1) is 18.7. The number of piperidine rings is 1. The quantitative estimate of drug-likeness (QED) is 0.856. The number of rotatable bonds is 3. The summed E-state index contributed by atoms with van der Waals surface area (Å²) in [5.41, 5.74) is -0.00951. The summed E-state index contributed by atoms with van der Waals surface area (Å²) in [5.74, 6) is 0.239. The third kappa shape index (κ3) is 3.29. The molecule has 0 spiro atoms. The molecule has 1 amide bonds. The fourth-order valence-electron chi connectivity index (χ4n) is 3.73. The Labute approximate surface area is 157 Å². The van der Waals surface area contributed by atoms with Gasteiger partial charge in [0.15, 0.2) is 0 Å². The number of nitrogens with one attached hydrogen (secondary N) is 2. The molecule has 3 heterocycles. The van der Waals surface area contributed by atoms with E-state index in [1.54, 1.807) is 16.9 Å². The number of hydrogen-bond donors (Lipinski definition) is 2. The first-order valence-electron chi connectivity index (χ1n) is 8.63. The molecule has 6 nitrogen and oxygen atoms in total. The minimum absolute atomic E-state index is 0. The number of aromatic nitrogens is 2. The van der Waals surface area contributed by atoms with Gasteiger partial charge >= 0.3 is 0 Å². The molecule has 2 aromatic rings. The van der Waals surface area contributed by atoms with Crippen LogP contribution in [0.4, 0.5) is 4.39 Å². The summed E-state index contributed by atoms with van der Waals surface area (Å²) in [5, 5.41) is 10.7. The van der Waals surface area contributed by atoms with E-state index < -0.39 is 5.54 Å². The van der Waals surface area contributed by atoms with Crippen LogP contribution in [0.25, 0.3) is 0 Å². The van der Waals surface area contributed by atoms with Crippen molar-refractivity contribution in [2.75, 3.05) is 19.7 Å². The van der Waals surface area contributed by atoms with E-state index in [2.05, 4.69) is 15.7 Å². The predicted molar refractivity (Wildman–Crippen MR) is 96.9 cm³/mol. The molecule has 140 valence electrons. The second-order valence-corrected chi connectivity index (χ2v) is 6.58. The van der Waals surface area contributed by atoms with Gasteiger partial charge in [0.1, 0.15) is 17.1 Å². The molecule has 2 aliphatic heterocycles. The summed E-state index contributed by atoms with van der Waals surface area (Å²) >= 11 is 0. The second kappa shape index (κ2) is 7.63.